The molecule has 16 heavy (non-hydrogen) atoms. The van der Waals surface area contributed by atoms with Gasteiger partial charge in [0.15, 0.2) is 5.69 Å². The van der Waals surface area contributed by atoms with Crippen LogP contribution >= 0.6 is 11.5 Å². The van der Waals surface area contributed by atoms with E-state index < -0.39 is 5.97 Å². The van der Waals surface area contributed by atoms with Crippen molar-refractivity contribution in [3.05, 3.63) is 10.6 Å². The average molecular weight is 242 g/mol. The second-order valence-corrected chi connectivity index (χ2v) is 4.05. The van der Waals surface area contributed by atoms with Crippen LogP contribution in [0.2, 0.25) is 0 Å². The lowest BCUT2D eigenvalue weighted by Crippen LogP contribution is -2.46. The molecule has 1 aliphatic rings. The zero-order valence-corrected chi connectivity index (χ0v) is 9.16. The van der Waals surface area contributed by atoms with Crippen molar-refractivity contribution in [3.63, 3.8) is 0 Å². The van der Waals surface area contributed by atoms with Gasteiger partial charge in [-0.1, -0.05) is 4.49 Å². The Kier molecular flexibility index (Phi) is 3.11. The van der Waals surface area contributed by atoms with Gasteiger partial charge >= 0.3 is 5.97 Å². The molecule has 0 bridgehead atoms. The van der Waals surface area contributed by atoms with Crippen molar-refractivity contribution in [3.8, 4) is 0 Å². The van der Waals surface area contributed by atoms with Gasteiger partial charge in [0.05, 0.1) is 0 Å². The van der Waals surface area contributed by atoms with Crippen LogP contribution in [-0.4, -0.2) is 57.6 Å². The van der Waals surface area contributed by atoms with Crippen LogP contribution in [0, 0.1) is 0 Å². The Morgan fingerprint density at radius 2 is 2.06 bits per heavy atom. The van der Waals surface area contributed by atoms with Crippen molar-refractivity contribution in [1.29, 1.82) is 0 Å². The lowest BCUT2D eigenvalue weighted by atomic mass is 10.3. The second-order valence-electron chi connectivity index (χ2n) is 3.30. The summed E-state index contributed by atoms with van der Waals surface area (Å²) < 4.78 is 3.51. The Hall–Kier alpha value is -1.54. The maximum atomic E-state index is 12.0. The van der Waals surface area contributed by atoms with Crippen molar-refractivity contribution in [2.45, 2.75) is 0 Å². The standard InChI is InChI=1S/C8H10N4O3S/c13-7(12-3-1-9-2-4-12)6-5(8(14)15)10-11-16-6/h9H,1-4H2,(H,14,15). The predicted molar refractivity (Wildman–Crippen MR) is 55.6 cm³/mol. The maximum Gasteiger partial charge on any atom is 0.358 e. The highest BCUT2D eigenvalue weighted by Crippen LogP contribution is 2.14. The molecule has 1 saturated heterocycles. The van der Waals surface area contributed by atoms with Crippen LogP contribution in [0.3, 0.4) is 0 Å². The number of hydrogen-bond donors (Lipinski definition) is 2. The number of carboxylic acid groups (broad SMARTS) is 1. The summed E-state index contributed by atoms with van der Waals surface area (Å²) >= 11 is 0.826. The number of hydrogen-bond acceptors (Lipinski definition) is 6. The molecule has 1 aromatic heterocycles. The van der Waals surface area contributed by atoms with Crippen LogP contribution in [-0.2, 0) is 0 Å². The minimum absolute atomic E-state index is 0.106. The first kappa shape index (κ1) is 11.0. The Morgan fingerprint density at radius 3 is 2.69 bits per heavy atom. The molecule has 2 heterocycles. The van der Waals surface area contributed by atoms with E-state index >= 15 is 0 Å². The van der Waals surface area contributed by atoms with E-state index in [9.17, 15) is 9.59 Å². The highest BCUT2D eigenvalue weighted by Gasteiger charge is 2.26. The molecule has 1 aromatic rings. The molecular formula is C8H10N4O3S. The number of nitrogens with one attached hydrogen (secondary N) is 1. The van der Waals surface area contributed by atoms with Gasteiger partial charge in [0.2, 0.25) is 0 Å². The third-order valence-electron chi connectivity index (χ3n) is 2.29. The summed E-state index contributed by atoms with van der Waals surface area (Å²) in [6, 6.07) is 0. The van der Waals surface area contributed by atoms with Crippen molar-refractivity contribution < 1.29 is 14.7 Å². The van der Waals surface area contributed by atoms with Crippen LogP contribution in [0.25, 0.3) is 0 Å². The first-order chi connectivity index (χ1) is 7.70. The highest BCUT2D eigenvalue weighted by atomic mass is 32.1. The lowest BCUT2D eigenvalue weighted by molar-refractivity contribution is 0.0667. The maximum absolute atomic E-state index is 12.0. The smallest absolute Gasteiger partial charge is 0.358 e. The van der Waals surface area contributed by atoms with E-state index in [2.05, 4.69) is 14.9 Å². The molecule has 0 aromatic carbocycles. The fourth-order valence-corrected chi connectivity index (χ4v) is 2.11. The number of carbonyl (C=O) groups excluding carboxylic acids is 1. The summed E-state index contributed by atoms with van der Waals surface area (Å²) in [5, 5.41) is 15.4. The first-order valence-corrected chi connectivity index (χ1v) is 5.53. The first-order valence-electron chi connectivity index (χ1n) is 4.76. The molecule has 0 aliphatic carbocycles. The second kappa shape index (κ2) is 4.54. The van der Waals surface area contributed by atoms with E-state index in [1.54, 1.807) is 4.90 Å². The third-order valence-corrected chi connectivity index (χ3v) is 3.00. The van der Waals surface area contributed by atoms with E-state index in [0.717, 1.165) is 24.6 Å². The van der Waals surface area contributed by atoms with E-state index in [4.69, 9.17) is 5.11 Å². The summed E-state index contributed by atoms with van der Waals surface area (Å²) in [6.07, 6.45) is 0. The van der Waals surface area contributed by atoms with Crippen LogP contribution in [0.4, 0.5) is 0 Å². The quantitative estimate of drug-likeness (QED) is 0.710. The average Bonchev–Trinajstić information content (AvgIpc) is 2.78. The minimum Gasteiger partial charge on any atom is -0.476 e. The van der Waals surface area contributed by atoms with Crippen LogP contribution in [0.5, 0.6) is 0 Å². The number of piperazine rings is 1. The van der Waals surface area contributed by atoms with Gasteiger partial charge in [0, 0.05) is 26.2 Å². The lowest BCUT2D eigenvalue weighted by Gasteiger charge is -2.26. The van der Waals surface area contributed by atoms with Gasteiger partial charge in [-0.05, 0) is 11.5 Å². The van der Waals surface area contributed by atoms with Crippen LogP contribution < -0.4 is 5.32 Å². The minimum atomic E-state index is -1.22. The number of nitrogens with zero attached hydrogens (tertiary/aromatic N) is 3. The largest absolute Gasteiger partial charge is 0.476 e. The number of amides is 1. The molecule has 1 fully saturated rings. The van der Waals surface area contributed by atoms with Crippen LogP contribution in [0.1, 0.15) is 20.2 Å². The summed E-state index contributed by atoms with van der Waals surface area (Å²) in [4.78, 5) is 24.5. The van der Waals surface area contributed by atoms with E-state index in [-0.39, 0.29) is 16.5 Å². The van der Waals surface area contributed by atoms with Gasteiger partial charge in [-0.15, -0.1) is 5.10 Å². The van der Waals surface area contributed by atoms with Gasteiger partial charge < -0.3 is 15.3 Å². The number of rotatable bonds is 2. The Labute approximate surface area is 95.2 Å². The SMILES string of the molecule is O=C(O)c1nnsc1C(=O)N1CCNCC1. The molecule has 0 saturated carbocycles. The molecular weight excluding hydrogens is 232 g/mol. The molecule has 7 nitrogen and oxygen atoms in total. The normalized spacial score (nSPS) is 16.1. The Balaban J connectivity index is 2.19. The number of carbonyl (C=O) groups is 2. The van der Waals surface area contributed by atoms with Gasteiger partial charge in [0.1, 0.15) is 4.88 Å². The van der Waals surface area contributed by atoms with Gasteiger partial charge in [-0.2, -0.15) is 0 Å². The molecule has 0 unspecified atom stereocenters. The van der Waals surface area contributed by atoms with Gasteiger partial charge in [0.25, 0.3) is 5.91 Å². The Bertz CT molecular complexity index is 413. The summed E-state index contributed by atoms with van der Waals surface area (Å²) in [5.74, 6) is -1.51. The summed E-state index contributed by atoms with van der Waals surface area (Å²) in [6.45, 7) is 2.60. The van der Waals surface area contributed by atoms with Gasteiger partial charge in [-0.3, -0.25) is 4.79 Å². The molecule has 1 amide bonds. The molecule has 8 heteroatoms. The predicted octanol–water partition coefficient (Wildman–Crippen LogP) is -0.718. The van der Waals surface area contributed by atoms with Gasteiger partial charge in [-0.25, -0.2) is 4.79 Å². The molecule has 86 valence electrons. The molecule has 0 spiro atoms. The molecule has 0 atom stereocenters. The summed E-state index contributed by atoms with van der Waals surface area (Å²) in [5.41, 5.74) is -0.256. The fraction of sp³-hybridized carbons (Fsp3) is 0.500. The highest BCUT2D eigenvalue weighted by molar-refractivity contribution is 7.08. The van der Waals surface area contributed by atoms with Crippen molar-refractivity contribution in [2.75, 3.05) is 26.2 Å². The monoisotopic (exact) mass is 242 g/mol. The fourth-order valence-electron chi connectivity index (χ4n) is 1.48. The number of aromatic carboxylic acids is 1. The van der Waals surface area contributed by atoms with Crippen molar-refractivity contribution >= 4 is 23.4 Å². The van der Waals surface area contributed by atoms with Crippen molar-refractivity contribution in [2.24, 2.45) is 0 Å². The van der Waals surface area contributed by atoms with E-state index in [1.165, 1.54) is 0 Å². The van der Waals surface area contributed by atoms with Crippen molar-refractivity contribution in [1.82, 2.24) is 19.8 Å². The Morgan fingerprint density at radius 1 is 1.38 bits per heavy atom. The number of carboxylic acids is 1. The van der Waals surface area contributed by atoms with Crippen LogP contribution in [0.15, 0.2) is 0 Å². The summed E-state index contributed by atoms with van der Waals surface area (Å²) in [7, 11) is 0. The topological polar surface area (TPSA) is 95.4 Å². The molecule has 2 N–H and O–H groups in total. The molecule has 2 rings (SSSR count). The zero-order valence-electron chi connectivity index (χ0n) is 8.34. The molecule has 1 aliphatic heterocycles. The van der Waals surface area contributed by atoms with E-state index in [0.29, 0.717) is 13.1 Å². The van der Waals surface area contributed by atoms with E-state index in [1.807, 2.05) is 0 Å². The zero-order chi connectivity index (χ0) is 11.5. The molecule has 0 radical (unpaired) electrons. The third kappa shape index (κ3) is 2.02. The number of aromatic nitrogens is 2.